The van der Waals surface area contributed by atoms with Gasteiger partial charge in [0.2, 0.25) is 0 Å². The van der Waals surface area contributed by atoms with Crippen molar-refractivity contribution in [1.82, 2.24) is 20.2 Å². The predicted molar refractivity (Wildman–Crippen MR) is 109 cm³/mol. The molecule has 0 fully saturated rings. The van der Waals surface area contributed by atoms with Gasteiger partial charge in [0.05, 0.1) is 33.4 Å². The van der Waals surface area contributed by atoms with Crippen LogP contribution in [0.25, 0.3) is 0 Å². The highest BCUT2D eigenvalue weighted by atomic mass is 16.5. The Hall–Kier alpha value is -3.56. The first-order chi connectivity index (χ1) is 15.0. The smallest absolute Gasteiger partial charge is 0.328 e. The van der Waals surface area contributed by atoms with E-state index in [0.29, 0.717) is 18.7 Å². The summed E-state index contributed by atoms with van der Waals surface area (Å²) in [5.74, 6) is -0.402. The number of benzene rings is 1. The first-order valence-electron chi connectivity index (χ1n) is 9.86. The van der Waals surface area contributed by atoms with E-state index < -0.39 is 30.1 Å². The number of esters is 2. The van der Waals surface area contributed by atoms with Crippen LogP contribution >= 0.6 is 0 Å². The fraction of sp³-hybridized carbons (Fsp3) is 0.429. The van der Waals surface area contributed by atoms with E-state index in [9.17, 15) is 14.4 Å². The van der Waals surface area contributed by atoms with Gasteiger partial charge in [0.15, 0.2) is 0 Å². The summed E-state index contributed by atoms with van der Waals surface area (Å²) in [6.07, 6.45) is 2.25. The van der Waals surface area contributed by atoms with Gasteiger partial charge in [-0.2, -0.15) is 0 Å². The van der Waals surface area contributed by atoms with Crippen LogP contribution in [0.15, 0.2) is 30.6 Å². The quantitative estimate of drug-likeness (QED) is 0.639. The van der Waals surface area contributed by atoms with Gasteiger partial charge in [-0.15, -0.1) is 0 Å². The van der Waals surface area contributed by atoms with Gasteiger partial charge >= 0.3 is 18.0 Å². The Morgan fingerprint density at radius 3 is 2.58 bits per heavy atom. The molecule has 0 saturated heterocycles. The van der Waals surface area contributed by atoms with E-state index in [1.54, 1.807) is 18.3 Å². The molecule has 166 valence electrons. The minimum absolute atomic E-state index is 0.0258. The third-order valence-corrected chi connectivity index (χ3v) is 5.27. The summed E-state index contributed by atoms with van der Waals surface area (Å²) in [6.45, 7) is 0.419. The Kier molecular flexibility index (Phi) is 7.11. The van der Waals surface area contributed by atoms with Crippen molar-refractivity contribution in [3.8, 4) is 5.75 Å². The maximum atomic E-state index is 13.2. The first kappa shape index (κ1) is 22.1. The number of nitrogens with one attached hydrogen (secondary N) is 2. The SMILES string of the molecule is COC(=O)CC[C@H](NC(=O)N1CCc2[nH]cnc2[C@H]1c1ccc(OC)cc1)C(=O)OC. The lowest BCUT2D eigenvalue weighted by molar-refractivity contribution is -0.144. The molecule has 1 aromatic carbocycles. The van der Waals surface area contributed by atoms with Crippen LogP contribution in [-0.4, -0.2) is 66.8 Å². The molecule has 10 nitrogen and oxygen atoms in total. The van der Waals surface area contributed by atoms with E-state index in [4.69, 9.17) is 9.47 Å². The molecule has 0 saturated carbocycles. The zero-order valence-electron chi connectivity index (χ0n) is 17.7. The predicted octanol–water partition coefficient (Wildman–Crippen LogP) is 1.57. The Balaban J connectivity index is 1.84. The molecule has 2 N–H and O–H groups in total. The minimum atomic E-state index is -0.978. The number of rotatable bonds is 7. The van der Waals surface area contributed by atoms with Crippen LogP contribution in [-0.2, 0) is 25.5 Å². The molecule has 0 bridgehead atoms. The molecule has 2 aromatic rings. The minimum Gasteiger partial charge on any atom is -0.497 e. The molecular formula is C21H26N4O6. The van der Waals surface area contributed by atoms with Crippen LogP contribution in [0.3, 0.4) is 0 Å². The molecule has 1 aromatic heterocycles. The highest BCUT2D eigenvalue weighted by Crippen LogP contribution is 2.34. The Morgan fingerprint density at radius 2 is 1.94 bits per heavy atom. The van der Waals surface area contributed by atoms with E-state index in [1.807, 2.05) is 24.3 Å². The van der Waals surface area contributed by atoms with Gasteiger partial charge in [0.25, 0.3) is 0 Å². The summed E-state index contributed by atoms with van der Waals surface area (Å²) in [4.78, 5) is 46.1. The number of aromatic amines is 1. The van der Waals surface area contributed by atoms with Gasteiger partial charge in [0, 0.05) is 25.1 Å². The van der Waals surface area contributed by atoms with Crippen molar-refractivity contribution >= 4 is 18.0 Å². The van der Waals surface area contributed by atoms with Gasteiger partial charge in [-0.05, 0) is 24.1 Å². The summed E-state index contributed by atoms with van der Waals surface area (Å²) >= 11 is 0. The molecule has 2 amide bonds. The summed E-state index contributed by atoms with van der Waals surface area (Å²) in [7, 11) is 4.09. The number of fused-ring (bicyclic) bond motifs is 1. The number of ether oxygens (including phenoxy) is 3. The van der Waals surface area contributed by atoms with E-state index in [-0.39, 0.29) is 12.8 Å². The number of amides is 2. The van der Waals surface area contributed by atoms with E-state index in [1.165, 1.54) is 14.2 Å². The summed E-state index contributed by atoms with van der Waals surface area (Å²) in [5.41, 5.74) is 2.56. The highest BCUT2D eigenvalue weighted by molar-refractivity contribution is 5.84. The van der Waals surface area contributed by atoms with Crippen LogP contribution in [0.2, 0.25) is 0 Å². The number of hydrogen-bond donors (Lipinski definition) is 2. The van der Waals surface area contributed by atoms with Gasteiger partial charge in [0.1, 0.15) is 17.8 Å². The second-order valence-corrected chi connectivity index (χ2v) is 7.03. The van der Waals surface area contributed by atoms with Crippen molar-refractivity contribution in [1.29, 1.82) is 0 Å². The maximum absolute atomic E-state index is 13.2. The lowest BCUT2D eigenvalue weighted by Gasteiger charge is -2.36. The lowest BCUT2D eigenvalue weighted by Crippen LogP contribution is -2.51. The lowest BCUT2D eigenvalue weighted by atomic mass is 9.96. The normalized spacial score (nSPS) is 16.1. The summed E-state index contributed by atoms with van der Waals surface area (Å²) in [6, 6.07) is 5.52. The number of aromatic nitrogens is 2. The Bertz CT molecular complexity index is 926. The molecule has 0 aliphatic carbocycles. The number of imidazole rings is 1. The van der Waals surface area contributed by atoms with Crippen molar-refractivity contribution < 1.29 is 28.6 Å². The standard InChI is InChI=1S/C21H26N4O6/c1-29-14-6-4-13(5-7-14)19-18-15(22-12-23-18)10-11-25(19)21(28)24-16(20(27)31-3)8-9-17(26)30-2/h4-7,12,16,19H,8-11H2,1-3H3,(H,22,23)(H,24,28)/t16-,19+/m0/s1. The molecule has 0 spiro atoms. The number of carbonyl (C=O) groups is 3. The monoisotopic (exact) mass is 430 g/mol. The van der Waals surface area contributed by atoms with Gasteiger partial charge in [-0.1, -0.05) is 12.1 Å². The Morgan fingerprint density at radius 1 is 1.19 bits per heavy atom. The van der Waals surface area contributed by atoms with Crippen LogP contribution < -0.4 is 10.1 Å². The van der Waals surface area contributed by atoms with Crippen molar-refractivity contribution in [3.05, 3.63) is 47.5 Å². The number of hydrogen-bond acceptors (Lipinski definition) is 7. The average Bonchev–Trinajstić information content (AvgIpc) is 3.29. The molecule has 1 aliphatic rings. The van der Waals surface area contributed by atoms with Crippen LogP contribution in [0.5, 0.6) is 5.75 Å². The van der Waals surface area contributed by atoms with Crippen molar-refractivity contribution in [2.24, 2.45) is 0 Å². The van der Waals surface area contributed by atoms with E-state index >= 15 is 0 Å². The topological polar surface area (TPSA) is 123 Å². The van der Waals surface area contributed by atoms with Crippen molar-refractivity contribution in [2.75, 3.05) is 27.9 Å². The number of nitrogens with zero attached hydrogens (tertiary/aromatic N) is 2. The second-order valence-electron chi connectivity index (χ2n) is 7.03. The average molecular weight is 430 g/mol. The van der Waals surface area contributed by atoms with Crippen LogP contribution in [0.1, 0.15) is 35.8 Å². The third-order valence-electron chi connectivity index (χ3n) is 5.27. The number of H-pyrrole nitrogens is 1. The molecule has 31 heavy (non-hydrogen) atoms. The Labute approximate surface area is 179 Å². The van der Waals surface area contributed by atoms with E-state index in [0.717, 1.165) is 17.0 Å². The van der Waals surface area contributed by atoms with Crippen molar-refractivity contribution in [2.45, 2.75) is 31.3 Å². The molecule has 3 rings (SSSR count). The molecule has 1 aliphatic heterocycles. The summed E-state index contributed by atoms with van der Waals surface area (Å²) in [5, 5.41) is 2.70. The molecule has 2 atom stereocenters. The zero-order chi connectivity index (χ0) is 22.4. The van der Waals surface area contributed by atoms with E-state index in [2.05, 4.69) is 20.0 Å². The molecule has 0 radical (unpaired) electrons. The summed E-state index contributed by atoms with van der Waals surface area (Å²) < 4.78 is 14.6. The zero-order valence-corrected chi connectivity index (χ0v) is 17.7. The fourth-order valence-electron chi connectivity index (χ4n) is 3.61. The maximum Gasteiger partial charge on any atom is 0.328 e. The molecule has 10 heteroatoms. The van der Waals surface area contributed by atoms with Gasteiger partial charge in [-0.3, -0.25) is 4.79 Å². The third kappa shape index (κ3) is 4.96. The largest absolute Gasteiger partial charge is 0.497 e. The fourth-order valence-corrected chi connectivity index (χ4v) is 3.61. The van der Waals surface area contributed by atoms with Crippen molar-refractivity contribution in [3.63, 3.8) is 0 Å². The molecule has 0 unspecified atom stereocenters. The second kappa shape index (κ2) is 9.96. The van der Waals surface area contributed by atoms with Gasteiger partial charge < -0.3 is 29.4 Å². The van der Waals surface area contributed by atoms with Gasteiger partial charge in [-0.25, -0.2) is 14.6 Å². The molecule has 2 heterocycles. The number of methoxy groups -OCH3 is 3. The van der Waals surface area contributed by atoms with Crippen LogP contribution in [0, 0.1) is 0 Å². The highest BCUT2D eigenvalue weighted by Gasteiger charge is 2.36. The molecular weight excluding hydrogens is 404 g/mol. The van der Waals surface area contributed by atoms with Crippen LogP contribution in [0.4, 0.5) is 4.79 Å². The number of carbonyl (C=O) groups excluding carboxylic acids is 3. The number of urea groups is 1. The first-order valence-corrected chi connectivity index (χ1v) is 9.86.